The molecule has 1 fully saturated rings. The Balaban J connectivity index is 1.35. The number of anilines is 2. The van der Waals surface area contributed by atoms with Crippen molar-refractivity contribution < 1.29 is 22.7 Å². The number of piperidine rings is 1. The van der Waals surface area contributed by atoms with E-state index in [4.69, 9.17) is 4.74 Å². The summed E-state index contributed by atoms with van der Waals surface area (Å²) in [5.74, 6) is 0.175. The zero-order valence-corrected chi connectivity index (χ0v) is 15.7. The van der Waals surface area contributed by atoms with Gasteiger partial charge in [0.25, 0.3) is 0 Å². The number of tetrazole rings is 1. The molecule has 0 unspecified atom stereocenters. The van der Waals surface area contributed by atoms with Crippen molar-refractivity contribution >= 4 is 23.1 Å². The van der Waals surface area contributed by atoms with Crippen LogP contribution in [0.5, 0.6) is 5.75 Å². The smallest absolute Gasteiger partial charge is 0.422 e. The van der Waals surface area contributed by atoms with Crippen molar-refractivity contribution in [1.29, 1.82) is 0 Å². The fourth-order valence-electron chi connectivity index (χ4n) is 3.27. The van der Waals surface area contributed by atoms with Gasteiger partial charge in [-0.15, -0.1) is 14.8 Å². The number of alkyl halides is 3. The van der Waals surface area contributed by atoms with Crippen LogP contribution in [0.25, 0.3) is 5.65 Å². The van der Waals surface area contributed by atoms with E-state index in [0.29, 0.717) is 37.4 Å². The molecule has 1 amide bonds. The minimum atomic E-state index is -4.46. The monoisotopic (exact) mass is 421 g/mol. The second-order valence-electron chi connectivity index (χ2n) is 6.87. The molecule has 0 radical (unpaired) electrons. The van der Waals surface area contributed by atoms with E-state index in [1.807, 2.05) is 11.0 Å². The largest absolute Gasteiger partial charge is 0.482 e. The van der Waals surface area contributed by atoms with Gasteiger partial charge in [0.2, 0.25) is 5.91 Å². The topological polar surface area (TPSA) is 97.5 Å². The SMILES string of the molecule is O=C(Nc1ccccc1OCC(F)(F)F)C1CCN(c2ccc3nnnn3n2)CC1. The summed E-state index contributed by atoms with van der Waals surface area (Å²) in [5, 5.41) is 18.2. The first-order chi connectivity index (χ1) is 14.4. The number of benzene rings is 1. The predicted molar refractivity (Wildman–Crippen MR) is 100 cm³/mol. The Morgan fingerprint density at radius 3 is 2.70 bits per heavy atom. The highest BCUT2D eigenvalue weighted by Gasteiger charge is 2.30. The summed E-state index contributed by atoms with van der Waals surface area (Å²) in [6.45, 7) is -0.215. The molecule has 1 aliphatic heterocycles. The van der Waals surface area contributed by atoms with E-state index in [0.717, 1.165) is 0 Å². The second kappa shape index (κ2) is 8.13. The summed E-state index contributed by atoms with van der Waals surface area (Å²) >= 11 is 0. The highest BCUT2D eigenvalue weighted by Crippen LogP contribution is 2.28. The molecular weight excluding hydrogens is 403 g/mol. The van der Waals surface area contributed by atoms with Gasteiger partial charge in [-0.1, -0.05) is 12.1 Å². The van der Waals surface area contributed by atoms with E-state index in [1.165, 1.54) is 16.8 Å². The highest BCUT2D eigenvalue weighted by molar-refractivity contribution is 5.94. The number of aromatic nitrogens is 5. The van der Waals surface area contributed by atoms with Crippen LogP contribution in [0.2, 0.25) is 0 Å². The number of para-hydroxylation sites is 2. The molecule has 158 valence electrons. The molecule has 12 heteroatoms. The number of halogens is 3. The Kier molecular flexibility index (Phi) is 5.38. The molecule has 3 aromatic rings. The molecule has 0 atom stereocenters. The normalized spacial score (nSPS) is 15.4. The van der Waals surface area contributed by atoms with E-state index in [9.17, 15) is 18.0 Å². The first kappa shape index (κ1) is 19.9. The van der Waals surface area contributed by atoms with E-state index < -0.39 is 12.8 Å². The third-order valence-electron chi connectivity index (χ3n) is 4.78. The molecule has 1 aromatic carbocycles. The standard InChI is InChI=1S/C18H18F3N7O2/c19-18(20,21)11-30-14-4-2-1-3-13(14)22-17(29)12-7-9-27(10-8-12)16-6-5-15-23-25-26-28(15)24-16/h1-6,12H,7-11H2,(H,22,29). The van der Waals surface area contributed by atoms with E-state index >= 15 is 0 Å². The van der Waals surface area contributed by atoms with Gasteiger partial charge in [0.15, 0.2) is 18.1 Å². The third kappa shape index (κ3) is 4.58. The summed E-state index contributed by atoms with van der Waals surface area (Å²) in [4.78, 5) is 14.7. The number of nitrogens with zero attached hydrogens (tertiary/aromatic N) is 6. The molecule has 0 bridgehead atoms. The van der Waals surface area contributed by atoms with Crippen LogP contribution in [0.4, 0.5) is 24.7 Å². The number of fused-ring (bicyclic) bond motifs is 1. The summed E-state index contributed by atoms with van der Waals surface area (Å²) in [5.41, 5.74) is 0.763. The fourth-order valence-corrected chi connectivity index (χ4v) is 3.27. The Hall–Kier alpha value is -3.44. The van der Waals surface area contributed by atoms with Crippen LogP contribution in [-0.4, -0.2) is 57.0 Å². The van der Waals surface area contributed by atoms with E-state index in [1.54, 1.807) is 18.2 Å². The summed E-state index contributed by atoms with van der Waals surface area (Å²) in [6.07, 6.45) is -3.30. The van der Waals surface area contributed by atoms with Crippen molar-refractivity contribution in [2.24, 2.45) is 5.92 Å². The van der Waals surface area contributed by atoms with Gasteiger partial charge < -0.3 is 15.0 Å². The first-order valence-corrected chi connectivity index (χ1v) is 9.29. The molecule has 9 nitrogen and oxygen atoms in total. The number of rotatable bonds is 5. The lowest BCUT2D eigenvalue weighted by Gasteiger charge is -2.32. The lowest BCUT2D eigenvalue weighted by molar-refractivity contribution is -0.153. The Morgan fingerprint density at radius 2 is 1.93 bits per heavy atom. The van der Waals surface area contributed by atoms with Crippen molar-refractivity contribution in [2.45, 2.75) is 19.0 Å². The van der Waals surface area contributed by atoms with Crippen LogP contribution in [0.1, 0.15) is 12.8 Å². The van der Waals surface area contributed by atoms with Gasteiger partial charge in [0.1, 0.15) is 5.75 Å². The number of hydrogen-bond acceptors (Lipinski definition) is 7. The molecule has 0 spiro atoms. The van der Waals surface area contributed by atoms with Gasteiger partial charge in [-0.05, 0) is 47.5 Å². The summed E-state index contributed by atoms with van der Waals surface area (Å²) in [6, 6.07) is 9.67. The van der Waals surface area contributed by atoms with Crippen LogP contribution in [-0.2, 0) is 4.79 Å². The van der Waals surface area contributed by atoms with Gasteiger partial charge in [0.05, 0.1) is 5.69 Å². The maximum Gasteiger partial charge on any atom is 0.422 e. The number of carbonyl (C=O) groups excluding carboxylic acids is 1. The average molecular weight is 421 g/mol. The quantitative estimate of drug-likeness (QED) is 0.675. The zero-order valence-electron chi connectivity index (χ0n) is 15.7. The molecule has 1 N–H and O–H groups in total. The van der Waals surface area contributed by atoms with Gasteiger partial charge in [-0.2, -0.15) is 13.2 Å². The highest BCUT2D eigenvalue weighted by atomic mass is 19.4. The molecule has 4 rings (SSSR count). The van der Waals surface area contributed by atoms with Gasteiger partial charge in [0, 0.05) is 19.0 Å². The lowest BCUT2D eigenvalue weighted by atomic mass is 9.95. The van der Waals surface area contributed by atoms with Crippen LogP contribution in [0.15, 0.2) is 36.4 Å². The van der Waals surface area contributed by atoms with Crippen molar-refractivity contribution in [2.75, 3.05) is 29.9 Å². The van der Waals surface area contributed by atoms with Crippen molar-refractivity contribution in [3.05, 3.63) is 36.4 Å². The third-order valence-corrected chi connectivity index (χ3v) is 4.78. The number of ether oxygens (including phenoxy) is 1. The van der Waals surface area contributed by atoms with Crippen LogP contribution >= 0.6 is 0 Å². The van der Waals surface area contributed by atoms with E-state index in [2.05, 4.69) is 25.9 Å². The van der Waals surface area contributed by atoms with Crippen LogP contribution in [0.3, 0.4) is 0 Å². The lowest BCUT2D eigenvalue weighted by Crippen LogP contribution is -2.38. The van der Waals surface area contributed by atoms with Crippen molar-refractivity contribution in [3.63, 3.8) is 0 Å². The molecular formula is C18H18F3N7O2. The molecule has 3 heterocycles. The molecule has 2 aromatic heterocycles. The number of nitrogens with one attached hydrogen (secondary N) is 1. The number of amides is 1. The summed E-state index contributed by atoms with van der Waals surface area (Å²) < 4.78 is 43.5. The van der Waals surface area contributed by atoms with Gasteiger partial charge >= 0.3 is 6.18 Å². The van der Waals surface area contributed by atoms with Crippen molar-refractivity contribution in [1.82, 2.24) is 25.3 Å². The molecule has 1 aliphatic rings. The molecule has 30 heavy (non-hydrogen) atoms. The van der Waals surface area contributed by atoms with Gasteiger partial charge in [-0.3, -0.25) is 4.79 Å². The first-order valence-electron chi connectivity index (χ1n) is 9.29. The average Bonchev–Trinajstić information content (AvgIpc) is 3.20. The second-order valence-corrected chi connectivity index (χ2v) is 6.87. The minimum absolute atomic E-state index is 0.0143. The molecule has 1 saturated heterocycles. The van der Waals surface area contributed by atoms with Crippen LogP contribution in [0, 0.1) is 5.92 Å². The fraction of sp³-hybridized carbons (Fsp3) is 0.389. The number of carbonyl (C=O) groups is 1. The predicted octanol–water partition coefficient (Wildman–Crippen LogP) is 2.32. The molecule has 0 aliphatic carbocycles. The van der Waals surface area contributed by atoms with E-state index in [-0.39, 0.29) is 23.3 Å². The summed E-state index contributed by atoms with van der Waals surface area (Å²) in [7, 11) is 0. The Morgan fingerprint density at radius 1 is 1.17 bits per heavy atom. The van der Waals surface area contributed by atoms with Crippen molar-refractivity contribution in [3.8, 4) is 5.75 Å². The minimum Gasteiger partial charge on any atom is -0.482 e. The van der Waals surface area contributed by atoms with Crippen LogP contribution < -0.4 is 15.0 Å². The maximum atomic E-state index is 12.7. The van der Waals surface area contributed by atoms with Gasteiger partial charge in [-0.25, -0.2) is 0 Å². The maximum absolute atomic E-state index is 12.7. The Labute approximate surface area is 168 Å². The zero-order chi connectivity index (χ0) is 21.1. The number of hydrogen-bond donors (Lipinski definition) is 1. The molecule has 0 saturated carbocycles. The Bertz CT molecular complexity index is 1030.